The molecular formula is C11H20N2O. The Hall–Kier alpha value is -0.590. The smallest absolute Gasteiger partial charge is 0.0646 e. The summed E-state index contributed by atoms with van der Waals surface area (Å²) in [5, 5.41) is 8.33. The van der Waals surface area contributed by atoms with Crippen molar-refractivity contribution in [3.8, 4) is 6.07 Å². The second-order valence-electron chi connectivity index (χ2n) is 4.24. The van der Waals surface area contributed by atoms with E-state index in [0.29, 0.717) is 19.6 Å². The molecule has 1 aliphatic carbocycles. The number of unbranched alkanes of at least 4 members (excludes halogenated alkanes) is 1. The molecule has 0 aromatic carbocycles. The maximum absolute atomic E-state index is 8.33. The van der Waals surface area contributed by atoms with Crippen LogP contribution in [0, 0.1) is 11.3 Å². The van der Waals surface area contributed by atoms with Gasteiger partial charge in [0.05, 0.1) is 12.7 Å². The molecule has 0 aromatic heterocycles. The van der Waals surface area contributed by atoms with Crippen molar-refractivity contribution in [1.29, 1.82) is 5.26 Å². The second-order valence-corrected chi connectivity index (χ2v) is 4.24. The molecule has 3 nitrogen and oxygen atoms in total. The van der Waals surface area contributed by atoms with Crippen LogP contribution < -0.4 is 5.73 Å². The van der Waals surface area contributed by atoms with Crippen LogP contribution in [0.25, 0.3) is 0 Å². The van der Waals surface area contributed by atoms with E-state index < -0.39 is 0 Å². The standard InChI is InChI=1S/C11H20N2O/c12-8-4-5-9-14-10-11(13)6-2-1-3-7-11/h1-7,9-10,13H2. The van der Waals surface area contributed by atoms with Gasteiger partial charge in [0.25, 0.3) is 0 Å². The van der Waals surface area contributed by atoms with Crippen molar-refractivity contribution in [1.82, 2.24) is 0 Å². The molecule has 0 radical (unpaired) electrons. The van der Waals surface area contributed by atoms with Crippen LogP contribution in [0.3, 0.4) is 0 Å². The molecule has 14 heavy (non-hydrogen) atoms. The van der Waals surface area contributed by atoms with Crippen molar-refractivity contribution < 1.29 is 4.74 Å². The van der Waals surface area contributed by atoms with E-state index in [4.69, 9.17) is 15.7 Å². The van der Waals surface area contributed by atoms with Crippen molar-refractivity contribution in [2.45, 2.75) is 50.5 Å². The summed E-state index contributed by atoms with van der Waals surface area (Å²) in [5.41, 5.74) is 6.11. The molecule has 0 saturated heterocycles. The maximum atomic E-state index is 8.33. The molecule has 0 atom stereocenters. The summed E-state index contributed by atoms with van der Waals surface area (Å²) < 4.78 is 5.50. The number of nitrogens with zero attached hydrogens (tertiary/aromatic N) is 1. The summed E-state index contributed by atoms with van der Waals surface area (Å²) in [7, 11) is 0. The van der Waals surface area contributed by atoms with Gasteiger partial charge in [0.1, 0.15) is 0 Å². The van der Waals surface area contributed by atoms with E-state index in [1.54, 1.807) is 0 Å². The van der Waals surface area contributed by atoms with Gasteiger partial charge < -0.3 is 10.5 Å². The van der Waals surface area contributed by atoms with Crippen molar-refractivity contribution in [2.75, 3.05) is 13.2 Å². The lowest BCUT2D eigenvalue weighted by molar-refractivity contribution is 0.0671. The van der Waals surface area contributed by atoms with Crippen LogP contribution in [-0.2, 0) is 4.74 Å². The van der Waals surface area contributed by atoms with Crippen LogP contribution in [0.1, 0.15) is 44.9 Å². The van der Waals surface area contributed by atoms with Crippen molar-refractivity contribution in [2.24, 2.45) is 5.73 Å². The fraction of sp³-hybridized carbons (Fsp3) is 0.909. The van der Waals surface area contributed by atoms with Crippen molar-refractivity contribution in [3.05, 3.63) is 0 Å². The first-order valence-corrected chi connectivity index (χ1v) is 5.50. The number of hydrogen-bond donors (Lipinski definition) is 1. The summed E-state index contributed by atoms with van der Waals surface area (Å²) >= 11 is 0. The quantitative estimate of drug-likeness (QED) is 0.684. The molecule has 0 heterocycles. The van der Waals surface area contributed by atoms with E-state index in [0.717, 1.165) is 19.3 Å². The van der Waals surface area contributed by atoms with Gasteiger partial charge in [-0.05, 0) is 19.3 Å². The Morgan fingerprint density at radius 3 is 2.64 bits per heavy atom. The predicted octanol–water partition coefficient (Wildman–Crippen LogP) is 1.97. The molecule has 0 unspecified atom stereocenters. The predicted molar refractivity (Wildman–Crippen MR) is 55.7 cm³/mol. The van der Waals surface area contributed by atoms with Gasteiger partial charge in [-0.1, -0.05) is 19.3 Å². The number of hydrogen-bond acceptors (Lipinski definition) is 3. The minimum atomic E-state index is -0.0785. The van der Waals surface area contributed by atoms with Crippen LogP contribution in [0.2, 0.25) is 0 Å². The summed E-state index contributed by atoms with van der Waals surface area (Å²) in [5.74, 6) is 0. The Morgan fingerprint density at radius 2 is 2.00 bits per heavy atom. The van der Waals surface area contributed by atoms with Crippen LogP contribution in [0.15, 0.2) is 0 Å². The number of ether oxygens (including phenoxy) is 1. The Labute approximate surface area is 86.2 Å². The second kappa shape index (κ2) is 6.00. The Bertz CT molecular complexity index is 192. The number of rotatable bonds is 5. The largest absolute Gasteiger partial charge is 0.380 e. The van der Waals surface area contributed by atoms with Gasteiger partial charge in [-0.15, -0.1) is 0 Å². The maximum Gasteiger partial charge on any atom is 0.0646 e. The molecule has 0 bridgehead atoms. The molecule has 0 spiro atoms. The highest BCUT2D eigenvalue weighted by Gasteiger charge is 2.27. The zero-order valence-electron chi connectivity index (χ0n) is 8.80. The molecule has 0 aliphatic heterocycles. The van der Waals surface area contributed by atoms with E-state index in [1.165, 1.54) is 19.3 Å². The first-order valence-electron chi connectivity index (χ1n) is 5.50. The Morgan fingerprint density at radius 1 is 1.29 bits per heavy atom. The monoisotopic (exact) mass is 196 g/mol. The zero-order chi connectivity index (χ0) is 10.3. The third-order valence-electron chi connectivity index (χ3n) is 2.82. The Balaban J connectivity index is 2.07. The number of nitrogens with two attached hydrogens (primary N) is 1. The van der Waals surface area contributed by atoms with Gasteiger partial charge >= 0.3 is 0 Å². The summed E-state index contributed by atoms with van der Waals surface area (Å²) in [6.07, 6.45) is 7.37. The van der Waals surface area contributed by atoms with E-state index >= 15 is 0 Å². The average molecular weight is 196 g/mol. The summed E-state index contributed by atoms with van der Waals surface area (Å²) in [6.45, 7) is 1.34. The normalized spacial score (nSPS) is 20.3. The van der Waals surface area contributed by atoms with Crippen LogP contribution >= 0.6 is 0 Å². The van der Waals surface area contributed by atoms with E-state index in [9.17, 15) is 0 Å². The minimum absolute atomic E-state index is 0.0785. The molecular weight excluding hydrogens is 176 g/mol. The van der Waals surface area contributed by atoms with Gasteiger partial charge in [0, 0.05) is 18.6 Å². The first-order chi connectivity index (χ1) is 6.77. The topological polar surface area (TPSA) is 59.0 Å². The highest BCUT2D eigenvalue weighted by molar-refractivity contribution is 4.86. The molecule has 0 amide bonds. The molecule has 2 N–H and O–H groups in total. The van der Waals surface area contributed by atoms with Crippen LogP contribution in [0.5, 0.6) is 0 Å². The van der Waals surface area contributed by atoms with Crippen LogP contribution in [-0.4, -0.2) is 18.8 Å². The number of nitriles is 1. The Kier molecular flexibility index (Phi) is 4.92. The lowest BCUT2D eigenvalue weighted by atomic mass is 9.83. The molecule has 3 heteroatoms. The van der Waals surface area contributed by atoms with E-state index in [-0.39, 0.29) is 5.54 Å². The SMILES string of the molecule is N#CCCCOCC1(N)CCCCC1. The summed E-state index contributed by atoms with van der Waals surface area (Å²) in [4.78, 5) is 0. The van der Waals surface area contributed by atoms with Gasteiger partial charge in [-0.2, -0.15) is 5.26 Å². The zero-order valence-corrected chi connectivity index (χ0v) is 8.80. The molecule has 1 aliphatic rings. The van der Waals surface area contributed by atoms with Crippen LogP contribution in [0.4, 0.5) is 0 Å². The minimum Gasteiger partial charge on any atom is -0.380 e. The van der Waals surface area contributed by atoms with Crippen molar-refractivity contribution in [3.63, 3.8) is 0 Å². The first kappa shape index (κ1) is 11.5. The molecule has 1 rings (SSSR count). The fourth-order valence-corrected chi connectivity index (χ4v) is 1.93. The van der Waals surface area contributed by atoms with Gasteiger partial charge in [0.15, 0.2) is 0 Å². The molecule has 1 saturated carbocycles. The van der Waals surface area contributed by atoms with E-state index in [2.05, 4.69) is 6.07 Å². The lowest BCUT2D eigenvalue weighted by Gasteiger charge is -2.32. The van der Waals surface area contributed by atoms with E-state index in [1.807, 2.05) is 0 Å². The third kappa shape index (κ3) is 4.08. The van der Waals surface area contributed by atoms with Gasteiger partial charge in [-0.25, -0.2) is 0 Å². The summed E-state index contributed by atoms with van der Waals surface area (Å²) in [6, 6.07) is 2.10. The highest BCUT2D eigenvalue weighted by atomic mass is 16.5. The third-order valence-corrected chi connectivity index (χ3v) is 2.82. The molecule has 80 valence electrons. The highest BCUT2D eigenvalue weighted by Crippen LogP contribution is 2.25. The van der Waals surface area contributed by atoms with Gasteiger partial charge in [-0.3, -0.25) is 0 Å². The van der Waals surface area contributed by atoms with Gasteiger partial charge in [0.2, 0.25) is 0 Å². The average Bonchev–Trinajstić information content (AvgIpc) is 2.18. The van der Waals surface area contributed by atoms with Crippen molar-refractivity contribution >= 4 is 0 Å². The lowest BCUT2D eigenvalue weighted by Crippen LogP contribution is -2.46. The molecule has 1 fully saturated rings. The fourth-order valence-electron chi connectivity index (χ4n) is 1.93. The molecule has 0 aromatic rings.